The number of nitro benzene ring substituents is 1. The van der Waals surface area contributed by atoms with Gasteiger partial charge in [-0.2, -0.15) is 0 Å². The molecule has 0 saturated carbocycles. The zero-order valence-corrected chi connectivity index (χ0v) is 13.9. The molecule has 24 heavy (non-hydrogen) atoms. The highest BCUT2D eigenvalue weighted by Crippen LogP contribution is 2.37. The van der Waals surface area contributed by atoms with E-state index in [1.807, 2.05) is 24.3 Å². The van der Waals surface area contributed by atoms with Gasteiger partial charge in [0.2, 0.25) is 0 Å². The van der Waals surface area contributed by atoms with E-state index in [2.05, 4.69) is 17.0 Å². The van der Waals surface area contributed by atoms with Crippen molar-refractivity contribution >= 4 is 27.2 Å². The fraction of sp³-hybridized carbons (Fsp3) is 0.278. The maximum absolute atomic E-state index is 10.8. The normalized spacial score (nSPS) is 18.2. The Kier molecular flexibility index (Phi) is 4.00. The summed E-state index contributed by atoms with van der Waals surface area (Å²) in [6.45, 7) is 1.84. The summed E-state index contributed by atoms with van der Waals surface area (Å²) >= 11 is 1.77. The van der Waals surface area contributed by atoms with Gasteiger partial charge in [-0.25, -0.2) is 4.98 Å². The number of nitro groups is 1. The molecule has 6 heteroatoms. The molecule has 0 aliphatic carbocycles. The van der Waals surface area contributed by atoms with Crippen molar-refractivity contribution in [2.75, 3.05) is 6.54 Å². The van der Waals surface area contributed by atoms with Gasteiger partial charge < -0.3 is 0 Å². The second-order valence-corrected chi connectivity index (χ2v) is 7.13. The van der Waals surface area contributed by atoms with Gasteiger partial charge in [0.05, 0.1) is 21.2 Å². The molecule has 0 bridgehead atoms. The van der Waals surface area contributed by atoms with Gasteiger partial charge in [-0.05, 0) is 37.1 Å². The molecule has 0 N–H and O–H groups in total. The Morgan fingerprint density at radius 1 is 1.21 bits per heavy atom. The average Bonchev–Trinajstić information content (AvgIpc) is 3.21. The van der Waals surface area contributed by atoms with Gasteiger partial charge in [0, 0.05) is 18.7 Å². The summed E-state index contributed by atoms with van der Waals surface area (Å²) in [5, 5.41) is 11.9. The van der Waals surface area contributed by atoms with Crippen LogP contribution < -0.4 is 0 Å². The van der Waals surface area contributed by atoms with Crippen LogP contribution >= 0.6 is 11.3 Å². The Bertz CT molecular complexity index is 842. The van der Waals surface area contributed by atoms with E-state index in [1.165, 1.54) is 9.71 Å². The van der Waals surface area contributed by atoms with Crippen LogP contribution in [0.3, 0.4) is 0 Å². The minimum absolute atomic E-state index is 0.142. The second kappa shape index (κ2) is 6.30. The largest absolute Gasteiger partial charge is 0.290 e. The van der Waals surface area contributed by atoms with Crippen LogP contribution in [-0.2, 0) is 6.54 Å². The van der Waals surface area contributed by atoms with E-state index in [0.717, 1.165) is 37.0 Å². The molecular weight excluding hydrogens is 322 g/mol. The summed E-state index contributed by atoms with van der Waals surface area (Å²) < 4.78 is 1.23. The van der Waals surface area contributed by atoms with E-state index < -0.39 is 0 Å². The molecule has 2 aromatic carbocycles. The summed E-state index contributed by atoms with van der Waals surface area (Å²) in [6, 6.07) is 15.5. The molecule has 5 nitrogen and oxygen atoms in total. The number of hydrogen-bond acceptors (Lipinski definition) is 5. The average molecular weight is 339 g/mol. The fourth-order valence-corrected chi connectivity index (χ4v) is 4.42. The van der Waals surface area contributed by atoms with Crippen molar-refractivity contribution in [1.82, 2.24) is 9.88 Å². The highest BCUT2D eigenvalue weighted by Gasteiger charge is 2.28. The van der Waals surface area contributed by atoms with Crippen LogP contribution in [0, 0.1) is 10.1 Å². The van der Waals surface area contributed by atoms with E-state index in [0.29, 0.717) is 6.04 Å². The second-order valence-electron chi connectivity index (χ2n) is 6.07. The maximum Gasteiger partial charge on any atom is 0.269 e. The van der Waals surface area contributed by atoms with Gasteiger partial charge in [0.25, 0.3) is 5.69 Å². The maximum atomic E-state index is 10.8. The van der Waals surface area contributed by atoms with Crippen LogP contribution in [0.1, 0.15) is 29.5 Å². The number of likely N-dealkylation sites (tertiary alicyclic amines) is 1. The Hall–Kier alpha value is -2.31. The number of fused-ring (bicyclic) bond motifs is 1. The molecule has 0 unspecified atom stereocenters. The Morgan fingerprint density at radius 2 is 2.00 bits per heavy atom. The lowest BCUT2D eigenvalue weighted by molar-refractivity contribution is -0.384. The van der Waals surface area contributed by atoms with Crippen LogP contribution in [0.15, 0.2) is 48.5 Å². The van der Waals surface area contributed by atoms with Gasteiger partial charge in [-0.3, -0.25) is 15.0 Å². The van der Waals surface area contributed by atoms with E-state index >= 15 is 0 Å². The highest BCUT2D eigenvalue weighted by molar-refractivity contribution is 7.18. The smallest absolute Gasteiger partial charge is 0.269 e. The molecule has 4 rings (SSSR count). The van der Waals surface area contributed by atoms with E-state index in [-0.39, 0.29) is 10.6 Å². The first-order valence-electron chi connectivity index (χ1n) is 8.03. The van der Waals surface area contributed by atoms with Crippen molar-refractivity contribution in [3.63, 3.8) is 0 Å². The first kappa shape index (κ1) is 15.2. The molecule has 1 aliphatic heterocycles. The standard InChI is InChI=1S/C18H17N3O2S/c22-21(23)14-9-7-13(8-10-14)12-20-11-3-5-16(20)18-19-15-4-1-2-6-17(15)24-18/h1-2,4,6-10,16H,3,5,11-12H2/t16-/m0/s1. The number of para-hydroxylation sites is 1. The van der Waals surface area contributed by atoms with Crippen LogP contribution in [0.25, 0.3) is 10.2 Å². The van der Waals surface area contributed by atoms with E-state index in [9.17, 15) is 10.1 Å². The van der Waals surface area contributed by atoms with Gasteiger partial charge in [-0.15, -0.1) is 11.3 Å². The molecule has 1 saturated heterocycles. The molecular formula is C18H17N3O2S. The van der Waals surface area contributed by atoms with Gasteiger partial charge in [0.1, 0.15) is 5.01 Å². The number of benzene rings is 2. The number of rotatable bonds is 4. The van der Waals surface area contributed by atoms with Crippen molar-refractivity contribution in [3.05, 3.63) is 69.2 Å². The number of hydrogen-bond donors (Lipinski definition) is 0. The lowest BCUT2D eigenvalue weighted by Crippen LogP contribution is -2.22. The monoisotopic (exact) mass is 339 g/mol. The third kappa shape index (κ3) is 2.90. The Balaban J connectivity index is 1.55. The lowest BCUT2D eigenvalue weighted by atomic mass is 10.1. The van der Waals surface area contributed by atoms with Crippen LogP contribution in [-0.4, -0.2) is 21.4 Å². The number of aromatic nitrogens is 1. The topological polar surface area (TPSA) is 59.3 Å². The fourth-order valence-electron chi connectivity index (χ4n) is 3.29. The molecule has 1 fully saturated rings. The molecule has 0 amide bonds. The summed E-state index contributed by atoms with van der Waals surface area (Å²) in [5.74, 6) is 0. The molecule has 2 heterocycles. The van der Waals surface area contributed by atoms with Crippen LogP contribution in [0.4, 0.5) is 5.69 Å². The molecule has 122 valence electrons. The van der Waals surface area contributed by atoms with Gasteiger partial charge >= 0.3 is 0 Å². The third-order valence-electron chi connectivity index (χ3n) is 4.49. The molecule has 0 radical (unpaired) electrons. The van der Waals surface area contributed by atoms with Crippen molar-refractivity contribution in [1.29, 1.82) is 0 Å². The zero-order valence-electron chi connectivity index (χ0n) is 13.1. The lowest BCUT2D eigenvalue weighted by Gasteiger charge is -2.22. The summed E-state index contributed by atoms with van der Waals surface area (Å²) in [6.07, 6.45) is 2.28. The van der Waals surface area contributed by atoms with Crippen LogP contribution in [0.2, 0.25) is 0 Å². The predicted octanol–water partition coefficient (Wildman–Crippen LogP) is 4.54. The van der Waals surface area contributed by atoms with Crippen molar-refractivity contribution < 1.29 is 4.92 Å². The van der Waals surface area contributed by atoms with Crippen molar-refractivity contribution in [2.24, 2.45) is 0 Å². The van der Waals surface area contributed by atoms with Crippen molar-refractivity contribution in [3.8, 4) is 0 Å². The van der Waals surface area contributed by atoms with Gasteiger partial charge in [0.15, 0.2) is 0 Å². The minimum atomic E-state index is -0.358. The summed E-state index contributed by atoms with van der Waals surface area (Å²) in [7, 11) is 0. The molecule has 0 spiro atoms. The Labute approximate surface area is 143 Å². The van der Waals surface area contributed by atoms with E-state index in [1.54, 1.807) is 23.5 Å². The predicted molar refractivity (Wildman–Crippen MR) is 95.1 cm³/mol. The first-order chi connectivity index (χ1) is 11.7. The molecule has 3 aromatic rings. The summed E-state index contributed by atoms with van der Waals surface area (Å²) in [4.78, 5) is 17.7. The minimum Gasteiger partial charge on any atom is -0.290 e. The van der Waals surface area contributed by atoms with Crippen LogP contribution in [0.5, 0.6) is 0 Å². The highest BCUT2D eigenvalue weighted by atomic mass is 32.1. The SMILES string of the molecule is O=[N+]([O-])c1ccc(CN2CCC[C@H]2c2nc3ccccc3s2)cc1. The Morgan fingerprint density at radius 3 is 2.75 bits per heavy atom. The number of nitrogens with zero attached hydrogens (tertiary/aromatic N) is 3. The number of non-ortho nitro benzene ring substituents is 1. The first-order valence-corrected chi connectivity index (χ1v) is 8.85. The zero-order chi connectivity index (χ0) is 16.5. The molecule has 1 aliphatic rings. The third-order valence-corrected chi connectivity index (χ3v) is 5.63. The van der Waals surface area contributed by atoms with Crippen molar-refractivity contribution in [2.45, 2.75) is 25.4 Å². The quantitative estimate of drug-likeness (QED) is 0.517. The summed E-state index contributed by atoms with van der Waals surface area (Å²) in [5.41, 5.74) is 2.32. The van der Waals surface area contributed by atoms with Gasteiger partial charge in [-0.1, -0.05) is 24.3 Å². The molecule has 1 aromatic heterocycles. The number of thiazole rings is 1. The van der Waals surface area contributed by atoms with E-state index in [4.69, 9.17) is 4.98 Å². The molecule has 1 atom stereocenters.